The van der Waals surface area contributed by atoms with Crippen molar-refractivity contribution < 1.29 is 0 Å². The molecule has 0 rings (SSSR count). The van der Waals surface area contributed by atoms with E-state index in [4.69, 9.17) is 0 Å². The van der Waals surface area contributed by atoms with Crippen molar-refractivity contribution in [3.8, 4) is 0 Å². The van der Waals surface area contributed by atoms with Crippen molar-refractivity contribution in [3.63, 3.8) is 0 Å². The van der Waals surface area contributed by atoms with Crippen molar-refractivity contribution in [2.24, 2.45) is 0 Å². The zero-order valence-corrected chi connectivity index (χ0v) is 10.5. The first-order valence-electron chi connectivity index (χ1n) is 5.89. The van der Waals surface area contributed by atoms with Crippen LogP contribution < -0.4 is 5.32 Å². The summed E-state index contributed by atoms with van der Waals surface area (Å²) in [6, 6.07) is 0.474. The lowest BCUT2D eigenvalue weighted by atomic mass is 10.2. The van der Waals surface area contributed by atoms with Crippen LogP contribution >= 0.6 is 0 Å². The largest absolute Gasteiger partial charge is 0.296 e. The smallest absolute Gasteiger partial charge is 0.0791 e. The number of unbranched alkanes of at least 4 members (excludes halogenated alkanes) is 1. The van der Waals surface area contributed by atoms with Crippen molar-refractivity contribution in [3.05, 3.63) is 25.3 Å². The molecule has 2 heteroatoms. The molecule has 0 aromatic rings. The van der Waals surface area contributed by atoms with Gasteiger partial charge in [0.2, 0.25) is 0 Å². The minimum absolute atomic E-state index is 0.259. The van der Waals surface area contributed by atoms with E-state index in [1.807, 2.05) is 12.2 Å². The lowest BCUT2D eigenvalue weighted by molar-refractivity contribution is 0.208. The Morgan fingerprint density at radius 2 is 2.00 bits per heavy atom. The van der Waals surface area contributed by atoms with Crippen LogP contribution in [0.1, 0.15) is 33.6 Å². The van der Waals surface area contributed by atoms with Crippen molar-refractivity contribution in [1.82, 2.24) is 10.2 Å². The van der Waals surface area contributed by atoms with Gasteiger partial charge in [0, 0.05) is 19.1 Å². The van der Waals surface area contributed by atoms with Crippen LogP contribution in [0.4, 0.5) is 0 Å². The molecule has 0 heterocycles. The average molecular weight is 210 g/mol. The molecule has 2 nitrogen and oxygen atoms in total. The molecule has 1 unspecified atom stereocenters. The summed E-state index contributed by atoms with van der Waals surface area (Å²) in [7, 11) is 0. The standard InChI is InChI=1S/C13H26N2/c1-6-9-11-15(10-7-2)13(8-3)14-12(4)5/h7-8,12-14H,2-3,6,9-11H2,1,4-5H3. The Hall–Kier alpha value is -0.600. The SMILES string of the molecule is C=CCN(CCCC)C(C=C)NC(C)C. The third-order valence-electron chi connectivity index (χ3n) is 2.28. The van der Waals surface area contributed by atoms with Crippen LogP contribution in [-0.2, 0) is 0 Å². The second-order valence-electron chi connectivity index (χ2n) is 4.14. The second-order valence-corrected chi connectivity index (χ2v) is 4.14. The number of hydrogen-bond donors (Lipinski definition) is 1. The molecule has 0 aliphatic carbocycles. The van der Waals surface area contributed by atoms with Gasteiger partial charge in [-0.3, -0.25) is 10.2 Å². The molecule has 88 valence electrons. The Labute approximate surface area is 95.0 Å². The third-order valence-corrected chi connectivity index (χ3v) is 2.28. The summed E-state index contributed by atoms with van der Waals surface area (Å²) in [5.74, 6) is 0. The highest BCUT2D eigenvalue weighted by molar-refractivity contribution is 4.89. The molecule has 1 atom stereocenters. The van der Waals surface area contributed by atoms with E-state index < -0.39 is 0 Å². The number of hydrogen-bond acceptors (Lipinski definition) is 2. The average Bonchev–Trinajstić information content (AvgIpc) is 2.20. The van der Waals surface area contributed by atoms with E-state index in [9.17, 15) is 0 Å². The molecule has 0 spiro atoms. The molecule has 15 heavy (non-hydrogen) atoms. The van der Waals surface area contributed by atoms with Crippen molar-refractivity contribution in [1.29, 1.82) is 0 Å². The highest BCUT2D eigenvalue weighted by Crippen LogP contribution is 2.02. The molecule has 0 saturated carbocycles. The molecule has 0 saturated heterocycles. The molecule has 0 aliphatic heterocycles. The lowest BCUT2D eigenvalue weighted by Crippen LogP contribution is -2.47. The van der Waals surface area contributed by atoms with Crippen LogP contribution in [0.25, 0.3) is 0 Å². The summed E-state index contributed by atoms with van der Waals surface area (Å²) < 4.78 is 0. The Kier molecular flexibility index (Phi) is 8.34. The number of nitrogens with one attached hydrogen (secondary N) is 1. The summed E-state index contributed by atoms with van der Waals surface area (Å²) in [6.07, 6.45) is 6.62. The van der Waals surface area contributed by atoms with Gasteiger partial charge in [-0.1, -0.05) is 25.5 Å². The fourth-order valence-corrected chi connectivity index (χ4v) is 1.54. The van der Waals surface area contributed by atoms with Gasteiger partial charge < -0.3 is 0 Å². The number of nitrogens with zero attached hydrogens (tertiary/aromatic N) is 1. The maximum absolute atomic E-state index is 3.89. The predicted molar refractivity (Wildman–Crippen MR) is 68.9 cm³/mol. The molecule has 0 aromatic heterocycles. The fraction of sp³-hybridized carbons (Fsp3) is 0.692. The lowest BCUT2D eigenvalue weighted by Gasteiger charge is -2.30. The fourth-order valence-electron chi connectivity index (χ4n) is 1.54. The van der Waals surface area contributed by atoms with E-state index in [0.717, 1.165) is 13.1 Å². The molecule has 0 aromatic carbocycles. The van der Waals surface area contributed by atoms with Crippen molar-refractivity contribution in [2.45, 2.75) is 45.8 Å². The number of rotatable bonds is 9. The molecular weight excluding hydrogens is 184 g/mol. The molecule has 0 radical (unpaired) electrons. The molecule has 0 fully saturated rings. The third kappa shape index (κ3) is 6.47. The van der Waals surface area contributed by atoms with E-state index >= 15 is 0 Å². The minimum atomic E-state index is 0.259. The summed E-state index contributed by atoms with van der Waals surface area (Å²) in [5.41, 5.74) is 0. The van der Waals surface area contributed by atoms with Gasteiger partial charge in [0.05, 0.1) is 6.17 Å². The van der Waals surface area contributed by atoms with Gasteiger partial charge >= 0.3 is 0 Å². The first-order chi connectivity index (χ1) is 7.15. The molecule has 1 N–H and O–H groups in total. The van der Waals surface area contributed by atoms with E-state index in [0.29, 0.717) is 6.04 Å². The van der Waals surface area contributed by atoms with Crippen LogP contribution in [0.5, 0.6) is 0 Å². The quantitative estimate of drug-likeness (QED) is 0.465. The summed E-state index contributed by atoms with van der Waals surface area (Å²) >= 11 is 0. The van der Waals surface area contributed by atoms with Gasteiger partial charge in [0.15, 0.2) is 0 Å². The van der Waals surface area contributed by atoms with Crippen LogP contribution in [0.2, 0.25) is 0 Å². The van der Waals surface area contributed by atoms with Crippen LogP contribution in [0.3, 0.4) is 0 Å². The Morgan fingerprint density at radius 3 is 2.40 bits per heavy atom. The van der Waals surface area contributed by atoms with Gasteiger partial charge in [-0.25, -0.2) is 0 Å². The Morgan fingerprint density at radius 1 is 1.33 bits per heavy atom. The van der Waals surface area contributed by atoms with Gasteiger partial charge in [-0.05, 0) is 20.3 Å². The van der Waals surface area contributed by atoms with Crippen LogP contribution in [0.15, 0.2) is 25.3 Å². The van der Waals surface area contributed by atoms with Gasteiger partial charge in [0.25, 0.3) is 0 Å². The van der Waals surface area contributed by atoms with E-state index in [2.05, 4.69) is 44.1 Å². The zero-order chi connectivity index (χ0) is 11.7. The summed E-state index contributed by atoms with van der Waals surface area (Å²) in [4.78, 5) is 2.36. The van der Waals surface area contributed by atoms with Gasteiger partial charge in [-0.15, -0.1) is 13.2 Å². The predicted octanol–water partition coefficient (Wildman–Crippen LogP) is 2.78. The summed E-state index contributed by atoms with van der Waals surface area (Å²) in [5, 5.41) is 3.48. The minimum Gasteiger partial charge on any atom is -0.296 e. The van der Waals surface area contributed by atoms with Crippen LogP contribution in [-0.4, -0.2) is 30.2 Å². The Balaban J connectivity index is 4.25. The summed E-state index contributed by atoms with van der Waals surface area (Å²) in [6.45, 7) is 16.2. The molecule has 0 bridgehead atoms. The monoisotopic (exact) mass is 210 g/mol. The van der Waals surface area contributed by atoms with Gasteiger partial charge in [0.1, 0.15) is 0 Å². The van der Waals surface area contributed by atoms with E-state index in [-0.39, 0.29) is 6.17 Å². The second kappa shape index (κ2) is 8.69. The maximum atomic E-state index is 3.89. The van der Waals surface area contributed by atoms with Crippen molar-refractivity contribution >= 4 is 0 Å². The first-order valence-corrected chi connectivity index (χ1v) is 5.89. The first kappa shape index (κ1) is 14.4. The highest BCUT2D eigenvalue weighted by Gasteiger charge is 2.13. The maximum Gasteiger partial charge on any atom is 0.0791 e. The normalized spacial score (nSPS) is 13.1. The van der Waals surface area contributed by atoms with Crippen LogP contribution in [0, 0.1) is 0 Å². The van der Waals surface area contributed by atoms with Crippen molar-refractivity contribution in [2.75, 3.05) is 13.1 Å². The zero-order valence-electron chi connectivity index (χ0n) is 10.5. The molecular formula is C13H26N2. The highest BCUT2D eigenvalue weighted by atomic mass is 15.3. The van der Waals surface area contributed by atoms with E-state index in [1.165, 1.54) is 12.8 Å². The molecule has 0 aliphatic rings. The Bertz CT molecular complexity index is 175. The van der Waals surface area contributed by atoms with E-state index in [1.54, 1.807) is 0 Å². The molecule has 0 amide bonds. The topological polar surface area (TPSA) is 15.3 Å². The van der Waals surface area contributed by atoms with Gasteiger partial charge in [-0.2, -0.15) is 0 Å².